The van der Waals surface area contributed by atoms with Gasteiger partial charge in [-0.05, 0) is 30.5 Å². The van der Waals surface area contributed by atoms with E-state index in [-0.39, 0.29) is 0 Å². The summed E-state index contributed by atoms with van der Waals surface area (Å²) < 4.78 is 19.0. The molecular formula is C18H23N3O3. The molecule has 0 bridgehead atoms. The van der Waals surface area contributed by atoms with Crippen LogP contribution >= 0.6 is 0 Å². The Kier molecular flexibility index (Phi) is 4.30. The number of methoxy groups -OCH3 is 1. The lowest BCUT2D eigenvalue weighted by molar-refractivity contribution is 0.165. The summed E-state index contributed by atoms with van der Waals surface area (Å²) >= 11 is 0. The molecule has 0 amide bonds. The average molecular weight is 329 g/mol. The normalized spacial score (nSPS) is 19.0. The lowest BCUT2D eigenvalue weighted by Gasteiger charge is -2.24. The maximum absolute atomic E-state index is 5.69. The number of aryl methyl sites for hydroxylation is 1. The Hall–Kier alpha value is -2.21. The molecule has 0 fully saturated rings. The van der Waals surface area contributed by atoms with Crippen LogP contribution in [0.15, 0.2) is 24.5 Å². The van der Waals surface area contributed by atoms with Gasteiger partial charge < -0.3 is 24.1 Å². The summed E-state index contributed by atoms with van der Waals surface area (Å²) in [6, 6.07) is 4.05. The van der Waals surface area contributed by atoms with E-state index in [9.17, 15) is 0 Å². The van der Waals surface area contributed by atoms with Gasteiger partial charge >= 0.3 is 0 Å². The molecule has 1 aromatic carbocycles. The molecule has 1 atom stereocenters. The van der Waals surface area contributed by atoms with Crippen LogP contribution in [-0.2, 0) is 13.1 Å². The molecule has 0 radical (unpaired) electrons. The van der Waals surface area contributed by atoms with Crippen LogP contribution in [0.1, 0.15) is 30.1 Å². The third-order valence-electron chi connectivity index (χ3n) is 4.67. The third kappa shape index (κ3) is 2.94. The van der Waals surface area contributed by atoms with E-state index in [0.717, 1.165) is 36.7 Å². The minimum Gasteiger partial charge on any atom is -0.493 e. The van der Waals surface area contributed by atoms with E-state index < -0.39 is 0 Å². The van der Waals surface area contributed by atoms with E-state index in [1.165, 1.54) is 18.7 Å². The molecule has 3 heterocycles. The molecule has 4 rings (SSSR count). The van der Waals surface area contributed by atoms with Gasteiger partial charge in [-0.3, -0.25) is 0 Å². The smallest absolute Gasteiger partial charge is 0.203 e. The van der Waals surface area contributed by atoms with Crippen molar-refractivity contribution in [2.75, 3.05) is 26.9 Å². The molecule has 2 aromatic rings. The second kappa shape index (κ2) is 6.73. The zero-order valence-electron chi connectivity index (χ0n) is 14.0. The van der Waals surface area contributed by atoms with Crippen molar-refractivity contribution >= 4 is 0 Å². The van der Waals surface area contributed by atoms with E-state index in [1.54, 1.807) is 7.11 Å². The van der Waals surface area contributed by atoms with Crippen LogP contribution in [0.5, 0.6) is 17.2 Å². The molecule has 2 aliphatic rings. The largest absolute Gasteiger partial charge is 0.493 e. The first-order valence-corrected chi connectivity index (χ1v) is 8.53. The van der Waals surface area contributed by atoms with Crippen LogP contribution in [0.2, 0.25) is 0 Å². The topological polar surface area (TPSA) is 57.5 Å². The monoisotopic (exact) mass is 329 g/mol. The first-order chi connectivity index (χ1) is 11.8. The van der Waals surface area contributed by atoms with E-state index in [2.05, 4.69) is 21.1 Å². The summed E-state index contributed by atoms with van der Waals surface area (Å²) in [5.41, 5.74) is 1.13. The van der Waals surface area contributed by atoms with Crippen LogP contribution in [0, 0.1) is 0 Å². The van der Waals surface area contributed by atoms with Crippen LogP contribution < -0.4 is 19.5 Å². The molecule has 24 heavy (non-hydrogen) atoms. The van der Waals surface area contributed by atoms with Crippen molar-refractivity contribution in [3.05, 3.63) is 35.9 Å². The summed E-state index contributed by atoms with van der Waals surface area (Å²) in [7, 11) is 1.66. The Balaban J connectivity index is 1.42. The number of aromatic nitrogens is 2. The Morgan fingerprint density at radius 1 is 1.33 bits per heavy atom. The predicted octanol–water partition coefficient (Wildman–Crippen LogP) is 2.33. The third-order valence-corrected chi connectivity index (χ3v) is 4.67. The molecule has 1 aromatic heterocycles. The number of nitrogens with one attached hydrogen (secondary N) is 1. The van der Waals surface area contributed by atoms with Gasteiger partial charge in [-0.1, -0.05) is 0 Å². The summed E-state index contributed by atoms with van der Waals surface area (Å²) in [6.45, 7) is 3.93. The van der Waals surface area contributed by atoms with Gasteiger partial charge in [-0.15, -0.1) is 0 Å². The van der Waals surface area contributed by atoms with Gasteiger partial charge in [-0.25, -0.2) is 4.98 Å². The Morgan fingerprint density at radius 3 is 3.17 bits per heavy atom. The van der Waals surface area contributed by atoms with Crippen LogP contribution in [0.4, 0.5) is 0 Å². The van der Waals surface area contributed by atoms with Gasteiger partial charge in [0.15, 0.2) is 11.5 Å². The van der Waals surface area contributed by atoms with Gasteiger partial charge in [0.2, 0.25) is 5.75 Å². The zero-order chi connectivity index (χ0) is 16.4. The van der Waals surface area contributed by atoms with Crippen molar-refractivity contribution < 1.29 is 14.2 Å². The average Bonchev–Trinajstić information content (AvgIpc) is 3.10. The first-order valence-electron chi connectivity index (χ1n) is 8.53. The SMILES string of the molecule is COc1cc(CNCC2CCCn3ccnc32)cc2c1OCCO2. The molecule has 0 aliphatic carbocycles. The highest BCUT2D eigenvalue weighted by atomic mass is 16.6. The number of fused-ring (bicyclic) bond motifs is 2. The predicted molar refractivity (Wildman–Crippen MR) is 89.9 cm³/mol. The summed E-state index contributed by atoms with van der Waals surface area (Å²) in [5.74, 6) is 3.89. The quantitative estimate of drug-likeness (QED) is 0.912. The fourth-order valence-corrected chi connectivity index (χ4v) is 3.52. The zero-order valence-corrected chi connectivity index (χ0v) is 14.0. The number of imidazole rings is 1. The summed E-state index contributed by atoms with van der Waals surface area (Å²) in [6.07, 6.45) is 6.38. The van der Waals surface area contributed by atoms with Crippen molar-refractivity contribution in [2.45, 2.75) is 31.8 Å². The van der Waals surface area contributed by atoms with E-state index in [1.807, 2.05) is 18.3 Å². The minimum atomic E-state index is 0.479. The maximum Gasteiger partial charge on any atom is 0.203 e. The summed E-state index contributed by atoms with van der Waals surface area (Å²) in [4.78, 5) is 4.52. The van der Waals surface area contributed by atoms with Crippen molar-refractivity contribution in [1.29, 1.82) is 0 Å². The molecule has 1 unspecified atom stereocenters. The molecule has 0 saturated heterocycles. The highest BCUT2D eigenvalue weighted by Crippen LogP contribution is 2.40. The lowest BCUT2D eigenvalue weighted by atomic mass is 9.99. The highest BCUT2D eigenvalue weighted by Gasteiger charge is 2.21. The number of benzene rings is 1. The number of nitrogens with zero attached hydrogens (tertiary/aromatic N) is 2. The first kappa shape index (κ1) is 15.3. The molecular weight excluding hydrogens is 306 g/mol. The molecule has 6 nitrogen and oxygen atoms in total. The van der Waals surface area contributed by atoms with Gasteiger partial charge in [0.1, 0.15) is 19.0 Å². The summed E-state index contributed by atoms with van der Waals surface area (Å²) in [5, 5.41) is 3.55. The fourth-order valence-electron chi connectivity index (χ4n) is 3.52. The number of hydrogen-bond acceptors (Lipinski definition) is 5. The second-order valence-corrected chi connectivity index (χ2v) is 6.27. The van der Waals surface area contributed by atoms with Crippen LogP contribution in [0.3, 0.4) is 0 Å². The van der Waals surface area contributed by atoms with Crippen molar-refractivity contribution in [3.8, 4) is 17.2 Å². The van der Waals surface area contributed by atoms with Crippen molar-refractivity contribution in [1.82, 2.24) is 14.9 Å². The Labute approximate surface area is 141 Å². The van der Waals surface area contributed by atoms with E-state index in [4.69, 9.17) is 14.2 Å². The molecule has 1 N–H and O–H groups in total. The molecule has 6 heteroatoms. The standard InChI is InChI=1S/C18H23N3O3/c1-22-15-9-13(10-16-17(15)24-8-7-23-16)11-19-12-14-3-2-5-21-6-4-20-18(14)21/h4,6,9-10,14,19H,2-3,5,7-8,11-12H2,1H3. The molecule has 2 aliphatic heterocycles. The van der Waals surface area contributed by atoms with E-state index in [0.29, 0.717) is 24.9 Å². The van der Waals surface area contributed by atoms with Crippen molar-refractivity contribution in [3.63, 3.8) is 0 Å². The molecule has 0 saturated carbocycles. The van der Waals surface area contributed by atoms with E-state index >= 15 is 0 Å². The molecule has 128 valence electrons. The fraction of sp³-hybridized carbons (Fsp3) is 0.500. The molecule has 0 spiro atoms. The Morgan fingerprint density at radius 2 is 2.25 bits per heavy atom. The highest BCUT2D eigenvalue weighted by molar-refractivity contribution is 5.54. The maximum atomic E-state index is 5.69. The second-order valence-electron chi connectivity index (χ2n) is 6.27. The lowest BCUT2D eigenvalue weighted by Crippen LogP contribution is -2.26. The van der Waals surface area contributed by atoms with Gasteiger partial charge in [-0.2, -0.15) is 0 Å². The van der Waals surface area contributed by atoms with Gasteiger partial charge in [0.05, 0.1) is 7.11 Å². The minimum absolute atomic E-state index is 0.479. The van der Waals surface area contributed by atoms with Crippen LogP contribution in [0.25, 0.3) is 0 Å². The van der Waals surface area contributed by atoms with Gasteiger partial charge in [0.25, 0.3) is 0 Å². The Bertz CT molecular complexity index is 696. The number of ether oxygens (including phenoxy) is 3. The number of hydrogen-bond donors (Lipinski definition) is 1. The van der Waals surface area contributed by atoms with Gasteiger partial charge in [0, 0.05) is 37.9 Å². The van der Waals surface area contributed by atoms with Crippen molar-refractivity contribution in [2.24, 2.45) is 0 Å². The number of rotatable bonds is 5. The van der Waals surface area contributed by atoms with Crippen LogP contribution in [-0.4, -0.2) is 36.4 Å².